The summed E-state index contributed by atoms with van der Waals surface area (Å²) in [7, 11) is 0. The third kappa shape index (κ3) is 4.44. The monoisotopic (exact) mass is 361 g/mol. The Balaban J connectivity index is 1.62. The molecule has 1 heterocycles. The molecule has 3 rings (SSSR count). The van der Waals surface area contributed by atoms with Crippen molar-refractivity contribution in [1.82, 2.24) is 9.99 Å². The molecule has 0 spiro atoms. The zero-order valence-corrected chi connectivity index (χ0v) is 15.8. The highest BCUT2D eigenvalue weighted by Gasteiger charge is 2.07. The predicted octanol–water partition coefficient (Wildman–Crippen LogP) is 4.26. The van der Waals surface area contributed by atoms with Gasteiger partial charge in [-0.2, -0.15) is 5.10 Å². The minimum atomic E-state index is -0.246. The molecule has 3 aromatic rings. The van der Waals surface area contributed by atoms with E-state index in [1.54, 1.807) is 18.3 Å². The Morgan fingerprint density at radius 1 is 1.00 bits per heavy atom. The minimum absolute atomic E-state index is 0.246. The SMILES string of the molecule is CCOc1ccc(C=NNC(=O)c2ccc(-n3c(C)ccc3C)cc2)cc1. The first-order valence-corrected chi connectivity index (χ1v) is 8.90. The molecule has 0 bridgehead atoms. The van der Waals surface area contributed by atoms with Crippen molar-refractivity contribution in [3.63, 3.8) is 0 Å². The molecule has 2 aromatic carbocycles. The number of benzene rings is 2. The Morgan fingerprint density at radius 2 is 1.63 bits per heavy atom. The molecular formula is C22H23N3O2. The summed E-state index contributed by atoms with van der Waals surface area (Å²) in [5.41, 5.74) is 7.35. The van der Waals surface area contributed by atoms with Crippen LogP contribution in [0.15, 0.2) is 65.8 Å². The van der Waals surface area contributed by atoms with Crippen molar-refractivity contribution in [2.45, 2.75) is 20.8 Å². The van der Waals surface area contributed by atoms with Crippen LogP contribution >= 0.6 is 0 Å². The summed E-state index contributed by atoms with van der Waals surface area (Å²) in [4.78, 5) is 12.3. The van der Waals surface area contributed by atoms with Crippen LogP contribution in [0.4, 0.5) is 0 Å². The number of ether oxygens (including phenoxy) is 1. The number of aromatic nitrogens is 1. The first-order chi connectivity index (χ1) is 13.1. The molecule has 0 radical (unpaired) electrons. The highest BCUT2D eigenvalue weighted by atomic mass is 16.5. The van der Waals surface area contributed by atoms with Gasteiger partial charge in [0.1, 0.15) is 5.75 Å². The molecule has 5 nitrogen and oxygen atoms in total. The van der Waals surface area contributed by atoms with Crippen LogP contribution in [0, 0.1) is 13.8 Å². The lowest BCUT2D eigenvalue weighted by molar-refractivity contribution is 0.0955. The van der Waals surface area contributed by atoms with Gasteiger partial charge in [0.15, 0.2) is 0 Å². The Kier molecular flexibility index (Phi) is 5.71. The van der Waals surface area contributed by atoms with Gasteiger partial charge in [-0.05, 0) is 87.0 Å². The lowest BCUT2D eigenvalue weighted by Crippen LogP contribution is -2.17. The predicted molar refractivity (Wildman–Crippen MR) is 108 cm³/mol. The number of carbonyl (C=O) groups excluding carboxylic acids is 1. The molecule has 0 aliphatic heterocycles. The van der Waals surface area contributed by atoms with E-state index in [1.807, 2.05) is 43.3 Å². The highest BCUT2D eigenvalue weighted by Crippen LogP contribution is 2.17. The maximum atomic E-state index is 12.3. The van der Waals surface area contributed by atoms with Crippen LogP contribution in [0.1, 0.15) is 34.2 Å². The zero-order valence-electron chi connectivity index (χ0n) is 15.8. The van der Waals surface area contributed by atoms with E-state index in [9.17, 15) is 4.79 Å². The number of hydrogen-bond donors (Lipinski definition) is 1. The molecule has 1 aromatic heterocycles. The summed E-state index contributed by atoms with van der Waals surface area (Å²) < 4.78 is 7.54. The van der Waals surface area contributed by atoms with Crippen molar-refractivity contribution in [3.05, 3.63) is 83.2 Å². The average molecular weight is 361 g/mol. The van der Waals surface area contributed by atoms with Gasteiger partial charge in [0.25, 0.3) is 5.91 Å². The molecule has 0 fully saturated rings. The smallest absolute Gasteiger partial charge is 0.271 e. The quantitative estimate of drug-likeness (QED) is 0.527. The van der Waals surface area contributed by atoms with Gasteiger partial charge < -0.3 is 9.30 Å². The molecule has 0 atom stereocenters. The lowest BCUT2D eigenvalue weighted by Gasteiger charge is -2.10. The van der Waals surface area contributed by atoms with Crippen LogP contribution < -0.4 is 10.2 Å². The van der Waals surface area contributed by atoms with Crippen LogP contribution in [0.3, 0.4) is 0 Å². The van der Waals surface area contributed by atoms with Gasteiger partial charge in [-0.25, -0.2) is 5.43 Å². The summed E-state index contributed by atoms with van der Waals surface area (Å²) in [6.45, 7) is 6.69. The van der Waals surface area contributed by atoms with Gasteiger partial charge in [0, 0.05) is 22.6 Å². The molecule has 138 valence electrons. The molecule has 0 aliphatic carbocycles. The fourth-order valence-electron chi connectivity index (χ4n) is 2.88. The molecule has 0 saturated heterocycles. The van der Waals surface area contributed by atoms with Gasteiger partial charge >= 0.3 is 0 Å². The molecule has 5 heteroatoms. The molecule has 0 aliphatic rings. The van der Waals surface area contributed by atoms with Crippen LogP contribution in [-0.2, 0) is 0 Å². The molecular weight excluding hydrogens is 338 g/mol. The Morgan fingerprint density at radius 3 is 2.22 bits per heavy atom. The van der Waals surface area contributed by atoms with Crippen LogP contribution in [0.5, 0.6) is 5.75 Å². The van der Waals surface area contributed by atoms with Crippen molar-refractivity contribution in [1.29, 1.82) is 0 Å². The van der Waals surface area contributed by atoms with E-state index < -0.39 is 0 Å². The number of nitrogens with zero attached hydrogens (tertiary/aromatic N) is 2. The van der Waals surface area contributed by atoms with Gasteiger partial charge in [-0.1, -0.05) is 0 Å². The van der Waals surface area contributed by atoms with Crippen molar-refractivity contribution in [2.24, 2.45) is 5.10 Å². The van der Waals surface area contributed by atoms with E-state index in [0.29, 0.717) is 12.2 Å². The van der Waals surface area contributed by atoms with E-state index in [1.165, 1.54) is 0 Å². The van der Waals surface area contributed by atoms with Gasteiger partial charge in [0.05, 0.1) is 12.8 Å². The fourth-order valence-corrected chi connectivity index (χ4v) is 2.88. The van der Waals surface area contributed by atoms with Crippen LogP contribution in [0.25, 0.3) is 5.69 Å². The summed E-state index contributed by atoms with van der Waals surface area (Å²) in [5, 5.41) is 4.02. The number of amides is 1. The van der Waals surface area contributed by atoms with Crippen molar-refractivity contribution >= 4 is 12.1 Å². The summed E-state index contributed by atoms with van der Waals surface area (Å²) in [5.74, 6) is 0.566. The topological polar surface area (TPSA) is 55.6 Å². The second-order valence-corrected chi connectivity index (χ2v) is 6.20. The lowest BCUT2D eigenvalue weighted by atomic mass is 10.2. The number of rotatable bonds is 6. The summed E-state index contributed by atoms with van der Waals surface area (Å²) in [6, 6.07) is 19.1. The Hall–Kier alpha value is -3.34. The maximum absolute atomic E-state index is 12.3. The summed E-state index contributed by atoms with van der Waals surface area (Å²) >= 11 is 0. The Bertz CT molecular complexity index is 919. The third-order valence-corrected chi connectivity index (χ3v) is 4.23. The van der Waals surface area contributed by atoms with E-state index in [4.69, 9.17) is 4.74 Å². The number of aryl methyl sites for hydroxylation is 2. The van der Waals surface area contributed by atoms with Crippen molar-refractivity contribution in [2.75, 3.05) is 6.61 Å². The standard InChI is InChI=1S/C22H23N3O2/c1-4-27-21-13-7-18(8-14-21)15-23-24-22(26)19-9-11-20(12-10-19)25-16(2)5-6-17(25)3/h5-15H,4H2,1-3H3,(H,24,26). The molecule has 27 heavy (non-hydrogen) atoms. The number of hydrogen-bond acceptors (Lipinski definition) is 3. The second kappa shape index (κ2) is 8.36. The fraction of sp³-hybridized carbons (Fsp3) is 0.182. The second-order valence-electron chi connectivity index (χ2n) is 6.20. The zero-order chi connectivity index (χ0) is 19.2. The first kappa shape index (κ1) is 18.5. The molecule has 0 unspecified atom stereocenters. The normalized spacial score (nSPS) is 10.9. The van der Waals surface area contributed by atoms with E-state index in [2.05, 4.69) is 41.1 Å². The van der Waals surface area contributed by atoms with Crippen molar-refractivity contribution in [3.8, 4) is 11.4 Å². The summed E-state index contributed by atoms with van der Waals surface area (Å²) in [6.07, 6.45) is 1.61. The van der Waals surface area contributed by atoms with Gasteiger partial charge in [0.2, 0.25) is 0 Å². The Labute approximate surface area is 159 Å². The minimum Gasteiger partial charge on any atom is -0.494 e. The molecule has 1 N–H and O–H groups in total. The van der Waals surface area contributed by atoms with E-state index in [-0.39, 0.29) is 5.91 Å². The van der Waals surface area contributed by atoms with Crippen LogP contribution in [0.2, 0.25) is 0 Å². The van der Waals surface area contributed by atoms with Crippen LogP contribution in [-0.4, -0.2) is 23.3 Å². The van der Waals surface area contributed by atoms with Gasteiger partial charge in [-0.15, -0.1) is 0 Å². The number of hydrazone groups is 1. The largest absolute Gasteiger partial charge is 0.494 e. The highest BCUT2D eigenvalue weighted by molar-refractivity contribution is 5.95. The van der Waals surface area contributed by atoms with E-state index >= 15 is 0 Å². The number of carbonyl (C=O) groups is 1. The average Bonchev–Trinajstić information content (AvgIpc) is 3.02. The molecule has 0 saturated carbocycles. The van der Waals surface area contributed by atoms with Gasteiger partial charge in [-0.3, -0.25) is 4.79 Å². The van der Waals surface area contributed by atoms with Crippen molar-refractivity contribution < 1.29 is 9.53 Å². The third-order valence-electron chi connectivity index (χ3n) is 4.23. The first-order valence-electron chi connectivity index (χ1n) is 8.90. The molecule has 1 amide bonds. The number of nitrogens with one attached hydrogen (secondary N) is 1. The van der Waals surface area contributed by atoms with E-state index in [0.717, 1.165) is 28.4 Å². The maximum Gasteiger partial charge on any atom is 0.271 e.